The summed E-state index contributed by atoms with van der Waals surface area (Å²) < 4.78 is 49.0. The third kappa shape index (κ3) is 7.62. The molecule has 0 aliphatic carbocycles. The molecule has 0 spiro atoms. The molecule has 0 saturated heterocycles. The van der Waals surface area contributed by atoms with Crippen LogP contribution in [0.4, 0.5) is 13.2 Å². The van der Waals surface area contributed by atoms with Crippen LogP contribution >= 0.6 is 11.3 Å². The first-order chi connectivity index (χ1) is 16.2. The van der Waals surface area contributed by atoms with Crippen LogP contribution in [-0.4, -0.2) is 23.4 Å². The molecule has 1 heterocycles. The summed E-state index contributed by atoms with van der Waals surface area (Å²) >= 11 is 1.52. The maximum absolute atomic E-state index is 12.7. The largest absolute Gasteiger partial charge is 0.487 e. The van der Waals surface area contributed by atoms with Gasteiger partial charge in [0.2, 0.25) is 0 Å². The molecule has 0 saturated carbocycles. The number of hydrogen-bond donors (Lipinski definition) is 2. The molecule has 0 radical (unpaired) electrons. The van der Waals surface area contributed by atoms with Crippen molar-refractivity contribution < 1.29 is 32.2 Å². The van der Waals surface area contributed by atoms with Gasteiger partial charge < -0.3 is 9.47 Å². The van der Waals surface area contributed by atoms with Gasteiger partial charge in [0.15, 0.2) is 6.61 Å². The van der Waals surface area contributed by atoms with Crippen LogP contribution in [0.2, 0.25) is 0 Å². The Bertz CT molecular complexity index is 1180. The predicted molar refractivity (Wildman–Crippen MR) is 120 cm³/mol. The maximum Gasteiger partial charge on any atom is 0.416 e. The van der Waals surface area contributed by atoms with Crippen LogP contribution in [0.5, 0.6) is 11.5 Å². The van der Waals surface area contributed by atoms with Crippen molar-refractivity contribution in [3.8, 4) is 11.5 Å². The Morgan fingerprint density at radius 1 is 1.09 bits per heavy atom. The van der Waals surface area contributed by atoms with Gasteiger partial charge in [-0.1, -0.05) is 24.3 Å². The van der Waals surface area contributed by atoms with Gasteiger partial charge >= 0.3 is 6.18 Å². The number of halogens is 3. The number of benzene rings is 2. The van der Waals surface area contributed by atoms with E-state index in [1.54, 1.807) is 24.3 Å². The molecule has 3 rings (SSSR count). The lowest BCUT2D eigenvalue weighted by molar-refractivity contribution is -0.137. The quantitative estimate of drug-likeness (QED) is 0.363. The van der Waals surface area contributed by atoms with E-state index in [1.807, 2.05) is 12.3 Å². The molecule has 0 bridgehead atoms. The second kappa shape index (κ2) is 11.3. The molecule has 178 valence electrons. The van der Waals surface area contributed by atoms with E-state index in [4.69, 9.17) is 9.47 Å². The first-order valence-corrected chi connectivity index (χ1v) is 10.8. The van der Waals surface area contributed by atoms with E-state index in [1.165, 1.54) is 35.6 Å². The van der Waals surface area contributed by atoms with Gasteiger partial charge in [0, 0.05) is 17.0 Å². The molecule has 0 atom stereocenters. The Morgan fingerprint density at radius 2 is 1.88 bits per heavy atom. The topological polar surface area (TPSA) is 89.5 Å². The second-order valence-electron chi connectivity index (χ2n) is 6.87. The highest BCUT2D eigenvalue weighted by atomic mass is 32.1. The van der Waals surface area contributed by atoms with Crippen LogP contribution in [0, 0.1) is 6.92 Å². The smallest absolute Gasteiger partial charge is 0.416 e. The Morgan fingerprint density at radius 3 is 2.62 bits per heavy atom. The fraction of sp³-hybridized carbons (Fsp3) is 0.174. The summed E-state index contributed by atoms with van der Waals surface area (Å²) in [7, 11) is 0. The number of alkyl halides is 3. The van der Waals surface area contributed by atoms with Crippen LogP contribution in [0.1, 0.15) is 21.8 Å². The second-order valence-corrected chi connectivity index (χ2v) is 7.93. The number of nitrogens with one attached hydrogen (secondary N) is 2. The number of amides is 2. The lowest BCUT2D eigenvalue weighted by Crippen LogP contribution is -2.43. The third-order valence-electron chi connectivity index (χ3n) is 4.23. The fourth-order valence-electron chi connectivity index (χ4n) is 2.66. The van der Waals surface area contributed by atoms with E-state index in [0.29, 0.717) is 11.3 Å². The Labute approximate surface area is 197 Å². The molecule has 2 N–H and O–H groups in total. The molecule has 0 aliphatic heterocycles. The van der Waals surface area contributed by atoms with Gasteiger partial charge in [-0.3, -0.25) is 20.4 Å². The average molecular weight is 491 g/mol. The van der Waals surface area contributed by atoms with Crippen LogP contribution in [0.15, 0.2) is 60.0 Å². The lowest BCUT2D eigenvalue weighted by atomic mass is 10.2. The van der Waals surface area contributed by atoms with Crippen molar-refractivity contribution in [3.05, 3.63) is 81.8 Å². The molecule has 34 heavy (non-hydrogen) atoms. The summed E-state index contributed by atoms with van der Waals surface area (Å²) in [6.45, 7) is 1.60. The number of nitrogens with zero attached hydrogens (tertiary/aromatic N) is 1. The number of carbonyl (C=O) groups excluding carboxylic acids is 2. The predicted octanol–water partition coefficient (Wildman–Crippen LogP) is 4.29. The van der Waals surface area contributed by atoms with Gasteiger partial charge in [-0.15, -0.1) is 11.3 Å². The van der Waals surface area contributed by atoms with Gasteiger partial charge in [0.1, 0.15) is 18.1 Å². The normalized spacial score (nSPS) is 11.3. The number of hydrogen-bond acceptors (Lipinski definition) is 6. The molecule has 2 amide bonds. The van der Waals surface area contributed by atoms with E-state index in [-0.39, 0.29) is 12.4 Å². The maximum atomic E-state index is 12.7. The van der Waals surface area contributed by atoms with Gasteiger partial charge in [0.05, 0.1) is 16.3 Å². The highest BCUT2D eigenvalue weighted by Gasteiger charge is 2.30. The van der Waals surface area contributed by atoms with Crippen molar-refractivity contribution in [1.29, 1.82) is 0 Å². The number of para-hydroxylation sites is 1. The summed E-state index contributed by atoms with van der Waals surface area (Å²) in [5, 5.41) is 2.84. The molecule has 2 aromatic carbocycles. The molecular formula is C23H20F3N3O4S. The molecule has 7 nitrogen and oxygen atoms in total. The number of carbonyl (C=O) groups is 2. The number of ether oxygens (including phenoxy) is 2. The Kier molecular flexibility index (Phi) is 8.25. The molecule has 1 aromatic heterocycles. The zero-order valence-corrected chi connectivity index (χ0v) is 18.7. The Hall–Kier alpha value is -3.86. The number of rotatable bonds is 8. The van der Waals surface area contributed by atoms with Crippen LogP contribution in [0.25, 0.3) is 6.08 Å². The van der Waals surface area contributed by atoms with E-state index >= 15 is 0 Å². The van der Waals surface area contributed by atoms with Gasteiger partial charge in [-0.2, -0.15) is 13.2 Å². The van der Waals surface area contributed by atoms with E-state index in [0.717, 1.165) is 22.8 Å². The highest BCUT2D eigenvalue weighted by Crippen LogP contribution is 2.31. The van der Waals surface area contributed by atoms with Crippen LogP contribution in [0.3, 0.4) is 0 Å². The highest BCUT2D eigenvalue weighted by molar-refractivity contribution is 7.09. The van der Waals surface area contributed by atoms with Crippen molar-refractivity contribution in [2.45, 2.75) is 19.7 Å². The third-order valence-corrected chi connectivity index (χ3v) is 5.05. The summed E-state index contributed by atoms with van der Waals surface area (Å²) in [5.74, 6) is -0.949. The fourth-order valence-corrected chi connectivity index (χ4v) is 3.26. The molecule has 0 fully saturated rings. The van der Waals surface area contributed by atoms with Crippen LogP contribution < -0.4 is 20.3 Å². The first kappa shape index (κ1) is 24.8. The zero-order valence-electron chi connectivity index (χ0n) is 17.9. The van der Waals surface area contributed by atoms with Gasteiger partial charge in [-0.05, 0) is 37.3 Å². The summed E-state index contributed by atoms with van der Waals surface area (Å²) in [5.41, 5.74) is 4.84. The zero-order chi connectivity index (χ0) is 24.6. The van der Waals surface area contributed by atoms with Crippen molar-refractivity contribution in [1.82, 2.24) is 15.8 Å². The molecule has 0 aliphatic rings. The summed E-state index contributed by atoms with van der Waals surface area (Å²) in [6.07, 6.45) is -1.81. The molecular weight excluding hydrogens is 471 g/mol. The average Bonchev–Trinajstić information content (AvgIpc) is 3.24. The minimum atomic E-state index is -4.52. The Balaban J connectivity index is 1.47. The monoisotopic (exact) mass is 491 g/mol. The summed E-state index contributed by atoms with van der Waals surface area (Å²) in [4.78, 5) is 28.2. The van der Waals surface area contributed by atoms with Crippen molar-refractivity contribution in [3.63, 3.8) is 0 Å². The van der Waals surface area contributed by atoms with Crippen molar-refractivity contribution >= 4 is 29.2 Å². The van der Waals surface area contributed by atoms with E-state index in [9.17, 15) is 22.8 Å². The minimum absolute atomic E-state index is 0.124. The van der Waals surface area contributed by atoms with E-state index in [2.05, 4.69) is 15.8 Å². The lowest BCUT2D eigenvalue weighted by Gasteiger charge is -2.10. The van der Waals surface area contributed by atoms with Gasteiger partial charge in [0.25, 0.3) is 11.8 Å². The number of hydrazine groups is 1. The molecule has 3 aromatic rings. The molecule has 11 heteroatoms. The molecule has 0 unspecified atom stereocenters. The number of aryl methyl sites for hydroxylation is 1. The SMILES string of the molecule is Cc1nc(COc2ccccc2/C=C/C(=O)NNC(=O)COc2cccc(C(F)(F)F)c2)cs1. The van der Waals surface area contributed by atoms with Gasteiger partial charge in [-0.25, -0.2) is 4.98 Å². The minimum Gasteiger partial charge on any atom is -0.487 e. The van der Waals surface area contributed by atoms with Crippen molar-refractivity contribution in [2.75, 3.05) is 6.61 Å². The standard InChI is InChI=1S/C23H20F3N3O4S/c1-15-27-18(14-34-15)12-33-20-8-3-2-5-16(20)9-10-21(30)28-29-22(31)13-32-19-7-4-6-17(11-19)23(24,25)26/h2-11,14H,12-13H2,1H3,(H,28,30)(H,29,31)/b10-9+. The van der Waals surface area contributed by atoms with Crippen LogP contribution in [-0.2, 0) is 22.4 Å². The number of aromatic nitrogens is 1. The van der Waals surface area contributed by atoms with Crippen molar-refractivity contribution in [2.24, 2.45) is 0 Å². The van der Waals surface area contributed by atoms with E-state index < -0.39 is 30.2 Å². The summed E-state index contributed by atoms with van der Waals surface area (Å²) in [6, 6.07) is 11.2. The first-order valence-electron chi connectivity index (χ1n) is 9.90. The number of thiazole rings is 1.